The molecule has 0 rings (SSSR count). The van der Waals surface area contributed by atoms with E-state index in [0.717, 1.165) is 12.8 Å². The van der Waals surface area contributed by atoms with Gasteiger partial charge in [0, 0.05) is 12.0 Å². The Morgan fingerprint density at radius 3 is 2.86 bits per heavy atom. The van der Waals surface area contributed by atoms with E-state index in [2.05, 4.69) is 5.92 Å². The number of hydrogen-bond acceptors (Lipinski definition) is 0. The molecule has 0 aromatic rings. The van der Waals surface area contributed by atoms with Crippen molar-refractivity contribution >= 4 is 11.6 Å². The minimum atomic E-state index is 0.781. The summed E-state index contributed by atoms with van der Waals surface area (Å²) < 4.78 is 0. The third-order valence-corrected chi connectivity index (χ3v) is 0.723. The number of halogens is 1. The molecule has 0 atom stereocenters. The lowest BCUT2D eigenvalue weighted by Crippen LogP contribution is -1.59. The molecule has 0 fully saturated rings. The van der Waals surface area contributed by atoms with Gasteiger partial charge < -0.3 is 0 Å². The molecule has 0 aromatic carbocycles. The summed E-state index contributed by atoms with van der Waals surface area (Å²) in [5.41, 5.74) is 1.48. The second-order valence-electron chi connectivity index (χ2n) is 1.10. The fourth-order valence-corrected chi connectivity index (χ4v) is 0.356. The standard InChI is InChI=1S/C6H7Cl/c1-2-3-4-5-6-7/h1,5-6H,3-4H2. The molecule has 0 saturated carbocycles. The first-order valence-electron chi connectivity index (χ1n) is 2.10. The summed E-state index contributed by atoms with van der Waals surface area (Å²) in [7, 11) is 0. The molecule has 0 aromatic heterocycles. The van der Waals surface area contributed by atoms with Gasteiger partial charge in [0.2, 0.25) is 0 Å². The van der Waals surface area contributed by atoms with Crippen molar-refractivity contribution in [2.75, 3.05) is 0 Å². The van der Waals surface area contributed by atoms with Gasteiger partial charge in [-0.05, 0) is 6.42 Å². The van der Waals surface area contributed by atoms with Gasteiger partial charge >= 0.3 is 0 Å². The van der Waals surface area contributed by atoms with Gasteiger partial charge in [-0.25, -0.2) is 0 Å². The van der Waals surface area contributed by atoms with Crippen molar-refractivity contribution in [2.24, 2.45) is 0 Å². The van der Waals surface area contributed by atoms with Crippen LogP contribution in [0.25, 0.3) is 0 Å². The van der Waals surface area contributed by atoms with Gasteiger partial charge in [-0.15, -0.1) is 12.3 Å². The molecule has 0 aliphatic heterocycles. The van der Waals surface area contributed by atoms with Crippen molar-refractivity contribution in [1.82, 2.24) is 0 Å². The van der Waals surface area contributed by atoms with Crippen molar-refractivity contribution < 1.29 is 0 Å². The Kier molecular flexibility index (Phi) is 5.26. The van der Waals surface area contributed by atoms with Crippen LogP contribution in [0.3, 0.4) is 0 Å². The SMILES string of the molecule is C#CCCC=CCl. The number of terminal acetylenes is 1. The van der Waals surface area contributed by atoms with Gasteiger partial charge in [-0.2, -0.15) is 0 Å². The van der Waals surface area contributed by atoms with Crippen LogP contribution in [0.5, 0.6) is 0 Å². The minimum Gasteiger partial charge on any atom is -0.120 e. The van der Waals surface area contributed by atoms with E-state index in [1.807, 2.05) is 6.08 Å². The van der Waals surface area contributed by atoms with Gasteiger partial charge in [-0.1, -0.05) is 17.7 Å². The number of rotatable bonds is 2. The first-order valence-corrected chi connectivity index (χ1v) is 2.54. The predicted octanol–water partition coefficient (Wildman–Crippen LogP) is 2.15. The Labute approximate surface area is 49.2 Å². The quantitative estimate of drug-likeness (QED) is 0.381. The molecular formula is C6H7Cl. The lowest BCUT2D eigenvalue weighted by Gasteiger charge is -1.75. The van der Waals surface area contributed by atoms with Crippen molar-refractivity contribution in [1.29, 1.82) is 0 Å². The molecule has 0 heterocycles. The zero-order valence-corrected chi connectivity index (χ0v) is 4.78. The average molecular weight is 115 g/mol. The normalized spacial score (nSPS) is 9.14. The molecule has 0 aliphatic rings. The maximum atomic E-state index is 5.19. The second-order valence-corrected chi connectivity index (χ2v) is 1.36. The topological polar surface area (TPSA) is 0 Å². The van der Waals surface area contributed by atoms with Crippen LogP contribution in [0.2, 0.25) is 0 Å². The third-order valence-electron chi connectivity index (χ3n) is 0.544. The van der Waals surface area contributed by atoms with Crippen LogP contribution in [0, 0.1) is 12.3 Å². The molecule has 0 nitrogen and oxygen atoms in total. The summed E-state index contributed by atoms with van der Waals surface area (Å²) in [5, 5.41) is 0. The Balaban J connectivity index is 2.87. The smallest absolute Gasteiger partial charge is 0.0121 e. The molecule has 7 heavy (non-hydrogen) atoms. The van der Waals surface area contributed by atoms with E-state index >= 15 is 0 Å². The first kappa shape index (κ1) is 6.59. The monoisotopic (exact) mass is 114 g/mol. The van der Waals surface area contributed by atoms with E-state index in [0.29, 0.717) is 0 Å². The van der Waals surface area contributed by atoms with Crippen molar-refractivity contribution in [2.45, 2.75) is 12.8 Å². The number of hydrogen-bond donors (Lipinski definition) is 0. The van der Waals surface area contributed by atoms with Crippen LogP contribution in [0.1, 0.15) is 12.8 Å². The molecule has 0 radical (unpaired) electrons. The lowest BCUT2D eigenvalue weighted by atomic mass is 10.3. The highest BCUT2D eigenvalue weighted by molar-refractivity contribution is 6.25. The summed E-state index contributed by atoms with van der Waals surface area (Å²) in [6, 6.07) is 0. The van der Waals surface area contributed by atoms with Crippen molar-refractivity contribution in [3.63, 3.8) is 0 Å². The van der Waals surface area contributed by atoms with Crippen LogP contribution in [0.4, 0.5) is 0 Å². The average Bonchev–Trinajstić information content (AvgIpc) is 1.69. The molecule has 38 valence electrons. The Morgan fingerprint density at radius 2 is 2.43 bits per heavy atom. The summed E-state index contributed by atoms with van der Waals surface area (Å²) in [4.78, 5) is 0. The maximum absolute atomic E-state index is 5.19. The van der Waals surface area contributed by atoms with Gasteiger partial charge in [0.25, 0.3) is 0 Å². The van der Waals surface area contributed by atoms with Gasteiger partial charge in [-0.3, -0.25) is 0 Å². The lowest BCUT2D eigenvalue weighted by molar-refractivity contribution is 1.09. The predicted molar refractivity (Wildman–Crippen MR) is 33.1 cm³/mol. The fraction of sp³-hybridized carbons (Fsp3) is 0.333. The molecular weight excluding hydrogens is 108 g/mol. The van der Waals surface area contributed by atoms with Crippen LogP contribution < -0.4 is 0 Å². The van der Waals surface area contributed by atoms with E-state index in [-0.39, 0.29) is 0 Å². The van der Waals surface area contributed by atoms with Crippen molar-refractivity contribution in [3.05, 3.63) is 11.6 Å². The zero-order valence-electron chi connectivity index (χ0n) is 4.02. The van der Waals surface area contributed by atoms with Gasteiger partial charge in [0.1, 0.15) is 0 Å². The third kappa shape index (κ3) is 5.59. The maximum Gasteiger partial charge on any atom is 0.0121 e. The zero-order chi connectivity index (χ0) is 5.54. The molecule has 0 saturated heterocycles. The van der Waals surface area contributed by atoms with E-state index in [1.54, 1.807) is 0 Å². The Bertz CT molecular complexity index is 86.8. The Hall–Kier alpha value is -0.410. The summed E-state index contributed by atoms with van der Waals surface area (Å²) >= 11 is 5.19. The van der Waals surface area contributed by atoms with Crippen LogP contribution in [-0.4, -0.2) is 0 Å². The van der Waals surface area contributed by atoms with E-state index in [4.69, 9.17) is 18.0 Å². The highest BCUT2D eigenvalue weighted by Crippen LogP contribution is 1.88. The molecule has 1 heteroatoms. The summed E-state index contributed by atoms with van der Waals surface area (Å²) in [6.07, 6.45) is 8.45. The second kappa shape index (κ2) is 5.59. The molecule has 0 bridgehead atoms. The fourth-order valence-electron chi connectivity index (χ4n) is 0.230. The Morgan fingerprint density at radius 1 is 1.71 bits per heavy atom. The van der Waals surface area contributed by atoms with Crippen LogP contribution >= 0.6 is 11.6 Å². The number of unbranched alkanes of at least 4 members (excludes halogenated alkanes) is 1. The summed E-state index contributed by atoms with van der Waals surface area (Å²) in [5.74, 6) is 2.49. The van der Waals surface area contributed by atoms with E-state index < -0.39 is 0 Å². The highest BCUT2D eigenvalue weighted by atomic mass is 35.5. The molecule has 0 unspecified atom stereocenters. The van der Waals surface area contributed by atoms with Crippen LogP contribution in [-0.2, 0) is 0 Å². The first-order chi connectivity index (χ1) is 3.41. The largest absolute Gasteiger partial charge is 0.120 e. The molecule has 0 N–H and O–H groups in total. The molecule has 0 spiro atoms. The molecule has 0 aliphatic carbocycles. The van der Waals surface area contributed by atoms with Crippen molar-refractivity contribution in [3.8, 4) is 12.3 Å². The molecule has 0 amide bonds. The minimum absolute atomic E-state index is 0.781. The number of allylic oxidation sites excluding steroid dienone is 1. The van der Waals surface area contributed by atoms with E-state index in [1.165, 1.54) is 5.54 Å². The summed E-state index contributed by atoms with van der Waals surface area (Å²) in [6.45, 7) is 0. The van der Waals surface area contributed by atoms with Gasteiger partial charge in [0.15, 0.2) is 0 Å². The van der Waals surface area contributed by atoms with Gasteiger partial charge in [0.05, 0.1) is 0 Å². The van der Waals surface area contributed by atoms with Crippen LogP contribution in [0.15, 0.2) is 11.6 Å². The van der Waals surface area contributed by atoms with E-state index in [9.17, 15) is 0 Å². The highest BCUT2D eigenvalue weighted by Gasteiger charge is 1.69.